The van der Waals surface area contributed by atoms with Crippen LogP contribution in [-0.2, 0) is 0 Å². The van der Waals surface area contributed by atoms with E-state index >= 15 is 0 Å². The number of amidine groups is 1. The van der Waals surface area contributed by atoms with E-state index in [1.807, 2.05) is 0 Å². The van der Waals surface area contributed by atoms with E-state index in [1.54, 1.807) is 0 Å². The van der Waals surface area contributed by atoms with Gasteiger partial charge >= 0.3 is 0 Å². The maximum Gasteiger partial charge on any atom is 0.201 e. The van der Waals surface area contributed by atoms with E-state index in [1.165, 1.54) is 12.1 Å². The van der Waals surface area contributed by atoms with Gasteiger partial charge in [-0.15, -0.1) is 0 Å². The van der Waals surface area contributed by atoms with Crippen LogP contribution in [0.1, 0.15) is 5.56 Å². The van der Waals surface area contributed by atoms with E-state index in [0.29, 0.717) is 0 Å². The van der Waals surface area contributed by atoms with Gasteiger partial charge in [-0.05, 0) is 30.3 Å². The van der Waals surface area contributed by atoms with Crippen molar-refractivity contribution in [1.29, 1.82) is 0 Å². The number of oxime groups is 1. The molecule has 0 fully saturated rings. The van der Waals surface area contributed by atoms with Gasteiger partial charge in [-0.3, -0.25) is 0 Å². The summed E-state index contributed by atoms with van der Waals surface area (Å²) in [6.45, 7) is 0. The van der Waals surface area contributed by atoms with Gasteiger partial charge in [0.05, 0.1) is 5.56 Å². The highest BCUT2D eigenvalue weighted by atomic mass is 19.2. The van der Waals surface area contributed by atoms with Crippen LogP contribution in [0.2, 0.25) is 0 Å². The largest absolute Gasteiger partial charge is 0.453 e. The van der Waals surface area contributed by atoms with Gasteiger partial charge in [0.2, 0.25) is 5.82 Å². The summed E-state index contributed by atoms with van der Waals surface area (Å²) in [5, 5.41) is 11.3. The van der Waals surface area contributed by atoms with Crippen molar-refractivity contribution in [2.45, 2.75) is 0 Å². The van der Waals surface area contributed by atoms with E-state index in [4.69, 9.17) is 15.7 Å². The molecule has 20 heavy (non-hydrogen) atoms. The van der Waals surface area contributed by atoms with Crippen molar-refractivity contribution in [2.75, 3.05) is 0 Å². The maximum atomic E-state index is 13.5. The average molecular weight is 282 g/mol. The normalized spacial score (nSPS) is 11.4. The summed E-state index contributed by atoms with van der Waals surface area (Å²) >= 11 is 0. The molecule has 0 amide bonds. The molecule has 0 aromatic heterocycles. The molecule has 0 radical (unpaired) electrons. The molecular weight excluding hydrogens is 273 g/mol. The molecular formula is C13H9F3N2O2. The molecule has 4 nitrogen and oxygen atoms in total. The second-order valence-corrected chi connectivity index (χ2v) is 3.78. The summed E-state index contributed by atoms with van der Waals surface area (Å²) < 4.78 is 44.9. The van der Waals surface area contributed by atoms with Crippen LogP contribution >= 0.6 is 0 Å². The summed E-state index contributed by atoms with van der Waals surface area (Å²) in [7, 11) is 0. The summed E-state index contributed by atoms with van der Waals surface area (Å²) in [6.07, 6.45) is 0. The second kappa shape index (κ2) is 5.52. The lowest BCUT2D eigenvalue weighted by molar-refractivity contribution is 0.318. The standard InChI is InChI=1S/C13H9F3N2O2/c14-7-4-5-10(8(6-7)13(17)18-19)20-11-3-1-2-9(15)12(11)16/h1-6,19H,(H2,17,18). The van der Waals surface area contributed by atoms with Gasteiger partial charge in [0.25, 0.3) is 0 Å². The molecule has 0 aliphatic heterocycles. The molecule has 0 saturated heterocycles. The van der Waals surface area contributed by atoms with Crippen molar-refractivity contribution in [3.8, 4) is 11.5 Å². The molecule has 0 saturated carbocycles. The third-order valence-electron chi connectivity index (χ3n) is 2.46. The van der Waals surface area contributed by atoms with Crippen molar-refractivity contribution in [3.05, 3.63) is 59.4 Å². The minimum Gasteiger partial charge on any atom is -0.453 e. The number of ether oxygens (including phenoxy) is 1. The van der Waals surface area contributed by atoms with Gasteiger partial charge in [0, 0.05) is 0 Å². The zero-order valence-electron chi connectivity index (χ0n) is 9.98. The number of benzene rings is 2. The van der Waals surface area contributed by atoms with Crippen molar-refractivity contribution >= 4 is 5.84 Å². The molecule has 2 aromatic rings. The Morgan fingerprint density at radius 3 is 2.55 bits per heavy atom. The van der Waals surface area contributed by atoms with Gasteiger partial charge in [-0.25, -0.2) is 8.78 Å². The average Bonchev–Trinajstić information content (AvgIpc) is 2.44. The molecule has 0 atom stereocenters. The Hall–Kier alpha value is -2.70. The predicted octanol–water partition coefficient (Wildman–Crippen LogP) is 2.99. The first-order chi connectivity index (χ1) is 9.52. The van der Waals surface area contributed by atoms with Crippen LogP contribution in [0.5, 0.6) is 11.5 Å². The molecule has 0 unspecified atom stereocenters. The van der Waals surface area contributed by atoms with E-state index in [2.05, 4.69) is 5.16 Å². The number of hydrogen-bond acceptors (Lipinski definition) is 3. The van der Waals surface area contributed by atoms with Crippen LogP contribution in [0.3, 0.4) is 0 Å². The van der Waals surface area contributed by atoms with Crippen LogP contribution < -0.4 is 10.5 Å². The molecule has 0 aliphatic rings. The van der Waals surface area contributed by atoms with Crippen molar-refractivity contribution in [3.63, 3.8) is 0 Å². The Bertz CT molecular complexity index is 675. The number of nitrogens with zero attached hydrogens (tertiary/aromatic N) is 1. The summed E-state index contributed by atoms with van der Waals surface area (Å²) in [4.78, 5) is 0. The van der Waals surface area contributed by atoms with Gasteiger partial charge < -0.3 is 15.7 Å². The highest BCUT2D eigenvalue weighted by Crippen LogP contribution is 2.29. The molecule has 0 bridgehead atoms. The Balaban J connectivity index is 2.46. The highest BCUT2D eigenvalue weighted by molar-refractivity contribution is 5.99. The topological polar surface area (TPSA) is 67.8 Å². The van der Waals surface area contributed by atoms with Gasteiger partial charge in [-0.1, -0.05) is 11.2 Å². The lowest BCUT2D eigenvalue weighted by atomic mass is 10.2. The van der Waals surface area contributed by atoms with Crippen LogP contribution in [0, 0.1) is 17.5 Å². The first-order valence-electron chi connectivity index (χ1n) is 5.42. The van der Waals surface area contributed by atoms with Crippen molar-refractivity contribution in [2.24, 2.45) is 10.9 Å². The SMILES string of the molecule is NC(=NO)c1cc(F)ccc1Oc1cccc(F)c1F. The fourth-order valence-corrected chi connectivity index (χ4v) is 1.53. The lowest BCUT2D eigenvalue weighted by Gasteiger charge is -2.11. The molecule has 3 N–H and O–H groups in total. The summed E-state index contributed by atoms with van der Waals surface area (Å²) in [6, 6.07) is 6.52. The Morgan fingerprint density at radius 2 is 1.85 bits per heavy atom. The number of hydrogen-bond donors (Lipinski definition) is 2. The van der Waals surface area contributed by atoms with Crippen LogP contribution in [0.25, 0.3) is 0 Å². The highest BCUT2D eigenvalue weighted by Gasteiger charge is 2.14. The first kappa shape index (κ1) is 13.7. The fraction of sp³-hybridized carbons (Fsp3) is 0. The summed E-state index contributed by atoms with van der Waals surface area (Å²) in [5.74, 6) is -3.83. The number of rotatable bonds is 3. The lowest BCUT2D eigenvalue weighted by Crippen LogP contribution is -2.14. The van der Waals surface area contributed by atoms with Crippen LogP contribution in [-0.4, -0.2) is 11.0 Å². The van der Waals surface area contributed by atoms with Crippen molar-refractivity contribution in [1.82, 2.24) is 0 Å². The second-order valence-electron chi connectivity index (χ2n) is 3.78. The third-order valence-corrected chi connectivity index (χ3v) is 2.46. The van der Waals surface area contributed by atoms with Gasteiger partial charge in [0.1, 0.15) is 11.6 Å². The van der Waals surface area contributed by atoms with Gasteiger partial charge in [0.15, 0.2) is 17.4 Å². The number of nitrogens with two attached hydrogens (primary N) is 1. The molecule has 0 spiro atoms. The molecule has 104 valence electrons. The molecule has 7 heteroatoms. The smallest absolute Gasteiger partial charge is 0.201 e. The molecule has 2 rings (SSSR count). The maximum absolute atomic E-state index is 13.5. The molecule has 0 heterocycles. The molecule has 2 aromatic carbocycles. The van der Waals surface area contributed by atoms with E-state index in [9.17, 15) is 13.2 Å². The Kier molecular flexibility index (Phi) is 3.79. The summed E-state index contributed by atoms with van der Waals surface area (Å²) in [5.41, 5.74) is 5.28. The fourth-order valence-electron chi connectivity index (χ4n) is 1.53. The third kappa shape index (κ3) is 2.66. The van der Waals surface area contributed by atoms with E-state index < -0.39 is 29.0 Å². The van der Waals surface area contributed by atoms with E-state index in [-0.39, 0.29) is 11.3 Å². The minimum atomic E-state index is -1.19. The Morgan fingerprint density at radius 1 is 1.10 bits per heavy atom. The van der Waals surface area contributed by atoms with Gasteiger partial charge in [-0.2, -0.15) is 4.39 Å². The Labute approximate surface area is 111 Å². The van der Waals surface area contributed by atoms with Crippen molar-refractivity contribution < 1.29 is 23.1 Å². The minimum absolute atomic E-state index is 0.0776. The quantitative estimate of drug-likeness (QED) is 0.393. The predicted molar refractivity (Wildman–Crippen MR) is 65.3 cm³/mol. The van der Waals surface area contributed by atoms with Crippen LogP contribution in [0.15, 0.2) is 41.6 Å². The van der Waals surface area contributed by atoms with E-state index in [0.717, 1.165) is 24.3 Å². The monoisotopic (exact) mass is 282 g/mol. The van der Waals surface area contributed by atoms with Crippen LogP contribution in [0.4, 0.5) is 13.2 Å². The first-order valence-corrected chi connectivity index (χ1v) is 5.42. The molecule has 0 aliphatic carbocycles. The zero-order chi connectivity index (χ0) is 14.7. The zero-order valence-corrected chi connectivity index (χ0v) is 9.98. The number of halogens is 3.